The third-order valence-electron chi connectivity index (χ3n) is 3.22. The van der Waals surface area contributed by atoms with Crippen LogP contribution in [0, 0.1) is 0 Å². The van der Waals surface area contributed by atoms with Crippen LogP contribution in [-0.4, -0.2) is 25.7 Å². The molecular weight excluding hydrogens is 386 g/mol. The number of ether oxygens (including phenoxy) is 1. The first-order valence-electron chi connectivity index (χ1n) is 6.90. The zero-order valence-corrected chi connectivity index (χ0v) is 15.2. The topological polar surface area (TPSA) is 101 Å². The number of benzene rings is 1. The van der Waals surface area contributed by atoms with E-state index in [-0.39, 0.29) is 9.77 Å². The summed E-state index contributed by atoms with van der Waals surface area (Å²) in [7, 11) is -2.30. The predicted octanol–water partition coefficient (Wildman–Crippen LogP) is 2.96. The van der Waals surface area contributed by atoms with Crippen LogP contribution in [0.2, 0.25) is 5.02 Å². The van der Waals surface area contributed by atoms with Crippen LogP contribution < -0.4 is 15.0 Å². The van der Waals surface area contributed by atoms with Crippen molar-refractivity contribution in [1.82, 2.24) is 10.2 Å². The molecule has 0 unspecified atom stereocenters. The molecule has 0 spiro atoms. The molecule has 2 heterocycles. The van der Waals surface area contributed by atoms with E-state index in [2.05, 4.69) is 14.9 Å². The van der Waals surface area contributed by atoms with Crippen LogP contribution in [0.5, 0.6) is 5.75 Å². The highest BCUT2D eigenvalue weighted by Crippen LogP contribution is 2.31. The van der Waals surface area contributed by atoms with Gasteiger partial charge < -0.3 is 4.74 Å². The number of hydrogen-bond donors (Lipinski definition) is 2. The molecule has 0 amide bonds. The van der Waals surface area contributed by atoms with E-state index >= 15 is 0 Å². The Hall–Kier alpha value is -2.36. The van der Waals surface area contributed by atoms with Gasteiger partial charge >= 0.3 is 0 Å². The number of nitrogens with zero attached hydrogens (tertiary/aromatic N) is 1. The predicted molar refractivity (Wildman–Crippen MR) is 97.0 cm³/mol. The van der Waals surface area contributed by atoms with Crippen molar-refractivity contribution >= 4 is 38.6 Å². The first-order chi connectivity index (χ1) is 11.9. The molecule has 0 saturated carbocycles. The lowest BCUT2D eigenvalue weighted by Crippen LogP contribution is -2.11. The normalized spacial score (nSPS) is 11.3. The molecule has 0 aliphatic carbocycles. The lowest BCUT2D eigenvalue weighted by atomic mass is 10.2. The molecule has 7 nitrogen and oxygen atoms in total. The minimum Gasteiger partial charge on any atom is -0.495 e. The molecule has 0 radical (unpaired) electrons. The van der Waals surface area contributed by atoms with Gasteiger partial charge in [-0.1, -0.05) is 11.6 Å². The van der Waals surface area contributed by atoms with Crippen LogP contribution in [0.1, 0.15) is 0 Å². The van der Waals surface area contributed by atoms with Crippen LogP contribution >= 0.6 is 22.9 Å². The maximum Gasteiger partial charge on any atom is 0.271 e. The molecule has 3 rings (SSSR count). The Morgan fingerprint density at radius 1 is 1.24 bits per heavy atom. The summed E-state index contributed by atoms with van der Waals surface area (Å²) in [6.07, 6.45) is 0. The van der Waals surface area contributed by atoms with Crippen LogP contribution in [-0.2, 0) is 10.0 Å². The fraction of sp³-hybridized carbons (Fsp3) is 0.0667. The number of H-pyrrole nitrogens is 1. The van der Waals surface area contributed by atoms with Crippen LogP contribution in [0.15, 0.2) is 50.8 Å². The molecule has 0 bridgehead atoms. The molecule has 130 valence electrons. The fourth-order valence-corrected chi connectivity index (χ4v) is 4.51. The molecular formula is C15H12ClN3O4S2. The summed E-state index contributed by atoms with van der Waals surface area (Å²) in [6, 6.07) is 8.93. The average molecular weight is 398 g/mol. The summed E-state index contributed by atoms with van der Waals surface area (Å²) in [6.45, 7) is 0. The Morgan fingerprint density at radius 3 is 2.68 bits per heavy atom. The average Bonchev–Trinajstić information content (AvgIpc) is 3.06. The van der Waals surface area contributed by atoms with Gasteiger partial charge in [0.05, 0.1) is 23.5 Å². The first kappa shape index (κ1) is 17.5. The number of methoxy groups -OCH3 is 1. The smallest absolute Gasteiger partial charge is 0.271 e. The van der Waals surface area contributed by atoms with Crippen molar-refractivity contribution in [2.75, 3.05) is 11.8 Å². The van der Waals surface area contributed by atoms with Gasteiger partial charge in [-0.05, 0) is 30.3 Å². The van der Waals surface area contributed by atoms with Gasteiger partial charge in [-0.3, -0.25) is 9.52 Å². The number of aromatic nitrogens is 2. The second kappa shape index (κ2) is 6.87. The summed E-state index contributed by atoms with van der Waals surface area (Å²) >= 11 is 7.05. The molecule has 0 atom stereocenters. The second-order valence-corrected chi connectivity index (χ2v) is 8.14. The Bertz CT molecular complexity index is 1060. The van der Waals surface area contributed by atoms with Gasteiger partial charge in [0, 0.05) is 17.0 Å². The van der Waals surface area contributed by atoms with E-state index in [1.165, 1.54) is 31.4 Å². The second-order valence-electron chi connectivity index (χ2n) is 4.92. The monoisotopic (exact) mass is 397 g/mol. The minimum atomic E-state index is -3.78. The molecule has 0 fully saturated rings. The Kier molecular flexibility index (Phi) is 4.80. The van der Waals surface area contributed by atoms with E-state index < -0.39 is 10.0 Å². The van der Waals surface area contributed by atoms with Crippen LogP contribution in [0.4, 0.5) is 5.69 Å². The number of sulfonamides is 1. The highest BCUT2D eigenvalue weighted by molar-refractivity contribution is 7.94. The molecule has 1 aromatic carbocycles. The summed E-state index contributed by atoms with van der Waals surface area (Å²) in [5.41, 5.74) is 1.06. The highest BCUT2D eigenvalue weighted by atomic mass is 35.5. The van der Waals surface area contributed by atoms with E-state index in [1.807, 2.05) is 0 Å². The van der Waals surface area contributed by atoms with Crippen molar-refractivity contribution in [2.45, 2.75) is 4.21 Å². The van der Waals surface area contributed by atoms with Crippen molar-refractivity contribution in [2.24, 2.45) is 0 Å². The van der Waals surface area contributed by atoms with E-state index in [9.17, 15) is 13.2 Å². The summed E-state index contributed by atoms with van der Waals surface area (Å²) in [5.74, 6) is 0.451. The molecule has 10 heteroatoms. The number of thiophene rings is 1. The molecule has 0 aliphatic rings. The van der Waals surface area contributed by atoms with Gasteiger partial charge in [0.1, 0.15) is 9.96 Å². The highest BCUT2D eigenvalue weighted by Gasteiger charge is 2.18. The molecule has 2 N–H and O–H groups in total. The lowest BCUT2D eigenvalue weighted by Gasteiger charge is -2.08. The van der Waals surface area contributed by atoms with Gasteiger partial charge in [-0.25, -0.2) is 13.5 Å². The number of rotatable bonds is 5. The number of halogens is 1. The zero-order chi connectivity index (χ0) is 18.0. The maximum absolute atomic E-state index is 12.5. The number of anilines is 1. The largest absolute Gasteiger partial charge is 0.495 e. The summed E-state index contributed by atoms with van der Waals surface area (Å²) < 4.78 is 32.6. The standard InChI is InChI=1S/C15H12ClN3O4S2/c1-23-13-4-2-10(7-11(13)16)19-25(21,22)15-6-9(8-24-15)12-3-5-14(20)18-17-12/h2-8,19H,1H3,(H,18,20). The number of aromatic amines is 1. The van der Waals surface area contributed by atoms with Crippen LogP contribution in [0.3, 0.4) is 0 Å². The van der Waals surface area contributed by atoms with E-state index in [0.717, 1.165) is 11.3 Å². The minimum absolute atomic E-state index is 0.113. The third-order valence-corrected chi connectivity index (χ3v) is 6.34. The SMILES string of the molecule is COc1ccc(NS(=O)(=O)c2cc(-c3ccc(=O)[nH]n3)cs2)cc1Cl. The van der Waals surface area contributed by atoms with Crippen molar-refractivity contribution in [3.63, 3.8) is 0 Å². The van der Waals surface area contributed by atoms with E-state index in [1.54, 1.807) is 17.5 Å². The Labute approximate surface area is 152 Å². The molecule has 0 saturated heterocycles. The Balaban J connectivity index is 1.87. The first-order valence-corrected chi connectivity index (χ1v) is 9.64. The molecule has 0 aliphatic heterocycles. The molecule has 2 aromatic heterocycles. The van der Waals surface area contributed by atoms with Gasteiger partial charge in [0.2, 0.25) is 0 Å². The van der Waals surface area contributed by atoms with Crippen molar-refractivity contribution < 1.29 is 13.2 Å². The van der Waals surface area contributed by atoms with Crippen LogP contribution in [0.25, 0.3) is 11.3 Å². The zero-order valence-electron chi connectivity index (χ0n) is 12.8. The van der Waals surface area contributed by atoms with Gasteiger partial charge in [-0.15, -0.1) is 11.3 Å². The van der Waals surface area contributed by atoms with Gasteiger partial charge in [0.25, 0.3) is 15.6 Å². The quantitative estimate of drug-likeness (QED) is 0.689. The van der Waals surface area contributed by atoms with Crippen molar-refractivity contribution in [1.29, 1.82) is 0 Å². The molecule has 3 aromatic rings. The third kappa shape index (κ3) is 3.84. The Morgan fingerprint density at radius 2 is 2.04 bits per heavy atom. The lowest BCUT2D eigenvalue weighted by molar-refractivity contribution is 0.415. The summed E-state index contributed by atoms with van der Waals surface area (Å²) in [4.78, 5) is 11.1. The van der Waals surface area contributed by atoms with Gasteiger partial charge in [0.15, 0.2) is 0 Å². The van der Waals surface area contributed by atoms with Crippen molar-refractivity contribution in [3.05, 3.63) is 57.2 Å². The van der Waals surface area contributed by atoms with Crippen molar-refractivity contribution in [3.8, 4) is 17.0 Å². The maximum atomic E-state index is 12.5. The van der Waals surface area contributed by atoms with Gasteiger partial charge in [-0.2, -0.15) is 5.10 Å². The molecule has 25 heavy (non-hydrogen) atoms. The fourth-order valence-electron chi connectivity index (χ4n) is 2.03. The number of nitrogens with one attached hydrogen (secondary N) is 2. The van der Waals surface area contributed by atoms with E-state index in [0.29, 0.717) is 27.7 Å². The summed E-state index contributed by atoms with van der Waals surface area (Å²) in [5, 5.41) is 8.14. The van der Waals surface area contributed by atoms with E-state index in [4.69, 9.17) is 16.3 Å². The number of hydrogen-bond acceptors (Lipinski definition) is 6.